The minimum atomic E-state index is -0.135. The summed E-state index contributed by atoms with van der Waals surface area (Å²) in [5.74, 6) is 0.276. The van der Waals surface area contributed by atoms with Crippen LogP contribution in [0.5, 0.6) is 0 Å². The van der Waals surface area contributed by atoms with Crippen molar-refractivity contribution in [3.63, 3.8) is 0 Å². The fourth-order valence-electron chi connectivity index (χ4n) is 3.67. The smallest absolute Gasteiger partial charge is 0.251 e. The third-order valence-electron chi connectivity index (χ3n) is 5.54. The van der Waals surface area contributed by atoms with Crippen LogP contribution in [-0.4, -0.2) is 35.7 Å². The van der Waals surface area contributed by atoms with E-state index in [1.165, 1.54) is 6.07 Å². The first-order valence-electron chi connectivity index (χ1n) is 11.0. The number of piperidine rings is 1. The summed E-state index contributed by atoms with van der Waals surface area (Å²) in [4.78, 5) is 16.5. The van der Waals surface area contributed by atoms with Crippen molar-refractivity contribution in [1.82, 2.24) is 15.6 Å². The quantitative estimate of drug-likeness (QED) is 0.359. The molecule has 1 amide bonds. The Bertz CT molecular complexity index is 1080. The van der Waals surface area contributed by atoms with E-state index in [1.54, 1.807) is 61.8 Å². The van der Waals surface area contributed by atoms with Crippen LogP contribution in [0.1, 0.15) is 40.4 Å². The van der Waals surface area contributed by atoms with E-state index in [9.17, 15) is 9.18 Å². The van der Waals surface area contributed by atoms with Crippen molar-refractivity contribution in [3.8, 4) is 0 Å². The largest absolute Gasteiger partial charge is 0.398 e. The molecule has 1 aliphatic heterocycles. The van der Waals surface area contributed by atoms with E-state index in [2.05, 4.69) is 22.5 Å². The number of nitrogen functional groups attached to an aromatic ring is 1. The standard InChI is InChI=1S/C19H23N5O.C7H7F/c1-12-8-15(11-23-10-12)24-19(25)14-2-3-17(20)16(9-14)18(21)13-4-6-22-7-5-13;1-6-4-2-3-5-7(6)8/h2-7,9,12,15,21,23H,8,10-11,20H2,1H3,(H,24,25);2-5H,1H3. The molecule has 1 saturated heterocycles. The van der Waals surface area contributed by atoms with E-state index in [1.807, 2.05) is 6.07 Å². The Morgan fingerprint density at radius 1 is 1.12 bits per heavy atom. The summed E-state index contributed by atoms with van der Waals surface area (Å²) in [6.45, 7) is 5.68. The first-order valence-corrected chi connectivity index (χ1v) is 11.0. The molecule has 0 spiro atoms. The monoisotopic (exact) mass is 447 g/mol. The molecule has 2 heterocycles. The molecule has 0 bridgehead atoms. The van der Waals surface area contributed by atoms with E-state index in [0.29, 0.717) is 33.9 Å². The fraction of sp³-hybridized carbons (Fsp3) is 0.269. The highest BCUT2D eigenvalue weighted by Gasteiger charge is 2.21. The number of rotatable bonds is 4. The number of nitrogens with zero attached hydrogens (tertiary/aromatic N) is 1. The zero-order valence-corrected chi connectivity index (χ0v) is 18.9. The van der Waals surface area contributed by atoms with Crippen LogP contribution in [0.2, 0.25) is 0 Å². The van der Waals surface area contributed by atoms with Crippen LogP contribution in [0.15, 0.2) is 67.0 Å². The third-order valence-corrected chi connectivity index (χ3v) is 5.54. The fourth-order valence-corrected chi connectivity index (χ4v) is 3.67. The van der Waals surface area contributed by atoms with Crippen LogP contribution in [0.3, 0.4) is 0 Å². The summed E-state index contributed by atoms with van der Waals surface area (Å²) < 4.78 is 12.3. The number of halogens is 1. The maximum atomic E-state index is 12.6. The molecule has 0 radical (unpaired) electrons. The van der Waals surface area contributed by atoms with Gasteiger partial charge < -0.3 is 16.4 Å². The van der Waals surface area contributed by atoms with Gasteiger partial charge in [-0.15, -0.1) is 0 Å². The van der Waals surface area contributed by atoms with Gasteiger partial charge in [-0.25, -0.2) is 4.39 Å². The van der Waals surface area contributed by atoms with Gasteiger partial charge in [0.05, 0.1) is 5.71 Å². The number of nitrogens with one attached hydrogen (secondary N) is 3. The molecule has 2 aromatic carbocycles. The molecule has 4 rings (SSSR count). The lowest BCUT2D eigenvalue weighted by molar-refractivity contribution is 0.0925. The Morgan fingerprint density at radius 2 is 1.85 bits per heavy atom. The van der Waals surface area contributed by atoms with Gasteiger partial charge in [-0.3, -0.25) is 15.2 Å². The van der Waals surface area contributed by atoms with Crippen molar-refractivity contribution in [2.45, 2.75) is 26.3 Å². The van der Waals surface area contributed by atoms with Gasteiger partial charge in [0.1, 0.15) is 5.82 Å². The number of nitrogens with two attached hydrogens (primary N) is 1. The summed E-state index contributed by atoms with van der Waals surface area (Å²) >= 11 is 0. The number of hydrogen-bond acceptors (Lipinski definition) is 5. The molecule has 172 valence electrons. The van der Waals surface area contributed by atoms with Crippen LogP contribution in [0, 0.1) is 24.1 Å². The molecule has 3 aromatic rings. The summed E-state index contributed by atoms with van der Waals surface area (Å²) in [6.07, 6.45) is 4.23. The molecular weight excluding hydrogens is 417 g/mol. The van der Waals surface area contributed by atoms with Gasteiger partial charge in [-0.1, -0.05) is 25.1 Å². The molecule has 5 N–H and O–H groups in total. The SMILES string of the molecule is CC1CNCC(NC(=O)c2ccc(N)c(C(=N)c3ccncc3)c2)C1.Cc1ccccc1F. The molecule has 6 nitrogen and oxygen atoms in total. The summed E-state index contributed by atoms with van der Waals surface area (Å²) in [5, 5.41) is 14.8. The van der Waals surface area contributed by atoms with Crippen LogP contribution >= 0.6 is 0 Å². The second-order valence-electron chi connectivity index (χ2n) is 8.33. The predicted molar refractivity (Wildman–Crippen MR) is 130 cm³/mol. The van der Waals surface area contributed by atoms with Gasteiger partial charge in [0.2, 0.25) is 0 Å². The molecule has 0 saturated carbocycles. The lowest BCUT2D eigenvalue weighted by atomic mass is 9.96. The number of aryl methyl sites for hydroxylation is 1. The van der Waals surface area contributed by atoms with Crippen LogP contribution < -0.4 is 16.4 Å². The van der Waals surface area contributed by atoms with Gasteiger partial charge >= 0.3 is 0 Å². The molecule has 1 fully saturated rings. The molecule has 33 heavy (non-hydrogen) atoms. The van der Waals surface area contributed by atoms with Gasteiger partial charge in [0.15, 0.2) is 0 Å². The first kappa shape index (κ1) is 24.1. The summed E-state index contributed by atoms with van der Waals surface area (Å²) in [5.41, 5.74) is 9.27. The normalized spacial score (nSPS) is 17.4. The third kappa shape index (κ3) is 6.70. The highest BCUT2D eigenvalue weighted by atomic mass is 19.1. The number of aromatic nitrogens is 1. The summed E-state index contributed by atoms with van der Waals surface area (Å²) in [6, 6.07) is 15.4. The minimum Gasteiger partial charge on any atom is -0.398 e. The Hall–Kier alpha value is -3.58. The number of anilines is 1. The summed E-state index contributed by atoms with van der Waals surface area (Å²) in [7, 11) is 0. The lowest BCUT2D eigenvalue weighted by Crippen LogP contribution is -2.48. The molecule has 2 unspecified atom stereocenters. The van der Waals surface area contributed by atoms with E-state index in [4.69, 9.17) is 11.1 Å². The minimum absolute atomic E-state index is 0.122. The number of benzene rings is 2. The van der Waals surface area contributed by atoms with E-state index >= 15 is 0 Å². The highest BCUT2D eigenvalue weighted by Crippen LogP contribution is 2.19. The van der Waals surface area contributed by atoms with Crippen molar-refractivity contribution in [2.75, 3.05) is 18.8 Å². The first-order chi connectivity index (χ1) is 15.8. The van der Waals surface area contributed by atoms with Crippen molar-refractivity contribution < 1.29 is 9.18 Å². The van der Waals surface area contributed by atoms with Gasteiger partial charge in [0, 0.05) is 47.4 Å². The Balaban J connectivity index is 0.000000323. The predicted octanol–water partition coefficient (Wildman–Crippen LogP) is 3.94. The van der Waals surface area contributed by atoms with Gasteiger partial charge in [-0.2, -0.15) is 0 Å². The number of carbonyl (C=O) groups excluding carboxylic acids is 1. The molecule has 7 heteroatoms. The average molecular weight is 448 g/mol. The molecule has 2 atom stereocenters. The Labute approximate surface area is 194 Å². The maximum absolute atomic E-state index is 12.6. The number of amides is 1. The van der Waals surface area contributed by atoms with E-state index in [0.717, 1.165) is 19.5 Å². The maximum Gasteiger partial charge on any atom is 0.251 e. The van der Waals surface area contributed by atoms with Crippen LogP contribution in [0.4, 0.5) is 10.1 Å². The topological polar surface area (TPSA) is 104 Å². The van der Waals surface area contributed by atoms with E-state index in [-0.39, 0.29) is 23.5 Å². The highest BCUT2D eigenvalue weighted by molar-refractivity contribution is 6.14. The van der Waals surface area contributed by atoms with Crippen LogP contribution in [0.25, 0.3) is 0 Å². The zero-order chi connectivity index (χ0) is 23.8. The van der Waals surface area contributed by atoms with E-state index < -0.39 is 0 Å². The Kier molecular flexibility index (Phi) is 8.27. The van der Waals surface area contributed by atoms with Crippen molar-refractivity contribution in [1.29, 1.82) is 5.41 Å². The molecule has 0 aliphatic carbocycles. The molecule has 1 aliphatic rings. The van der Waals surface area contributed by atoms with Gasteiger partial charge in [-0.05, 0) is 67.8 Å². The average Bonchev–Trinajstić information content (AvgIpc) is 2.82. The Morgan fingerprint density at radius 3 is 2.48 bits per heavy atom. The van der Waals surface area contributed by atoms with Crippen molar-refractivity contribution >= 4 is 17.3 Å². The van der Waals surface area contributed by atoms with Crippen LogP contribution in [-0.2, 0) is 0 Å². The second-order valence-corrected chi connectivity index (χ2v) is 8.33. The lowest BCUT2D eigenvalue weighted by Gasteiger charge is -2.28. The molecule has 1 aromatic heterocycles. The van der Waals surface area contributed by atoms with Gasteiger partial charge in [0.25, 0.3) is 5.91 Å². The van der Waals surface area contributed by atoms with Crippen molar-refractivity contribution in [2.24, 2.45) is 5.92 Å². The second kappa shape index (κ2) is 11.3. The zero-order valence-electron chi connectivity index (χ0n) is 18.9. The molecular formula is C26H30FN5O. The number of carbonyl (C=O) groups is 1. The number of pyridine rings is 1. The number of hydrogen-bond donors (Lipinski definition) is 4. The van der Waals surface area contributed by atoms with Crippen molar-refractivity contribution in [3.05, 3.63) is 95.1 Å².